The Morgan fingerprint density at radius 1 is 1.59 bits per heavy atom. The number of rotatable bonds is 3. The SMILES string of the molecule is COC[C@]12CCCC[C@H]1CN(C(=O)CC#N)C2. The molecule has 0 unspecified atom stereocenters. The maximum absolute atomic E-state index is 11.8. The predicted molar refractivity (Wildman–Crippen MR) is 63.1 cm³/mol. The van der Waals surface area contributed by atoms with Crippen LogP contribution < -0.4 is 0 Å². The van der Waals surface area contributed by atoms with E-state index in [9.17, 15) is 4.79 Å². The van der Waals surface area contributed by atoms with Crippen LogP contribution in [0.3, 0.4) is 0 Å². The summed E-state index contributed by atoms with van der Waals surface area (Å²) in [5, 5.41) is 8.60. The molecule has 1 saturated carbocycles. The number of hydrogen-bond acceptors (Lipinski definition) is 3. The van der Waals surface area contributed by atoms with Gasteiger partial charge in [0.1, 0.15) is 6.42 Å². The Bertz CT molecular complexity index is 333. The summed E-state index contributed by atoms with van der Waals surface area (Å²) < 4.78 is 5.37. The average molecular weight is 236 g/mol. The molecule has 0 aromatic rings. The summed E-state index contributed by atoms with van der Waals surface area (Å²) in [6.07, 6.45) is 4.86. The number of hydrogen-bond donors (Lipinski definition) is 0. The third-order valence-electron chi connectivity index (χ3n) is 4.30. The van der Waals surface area contributed by atoms with Crippen LogP contribution in [0.4, 0.5) is 0 Å². The molecule has 0 radical (unpaired) electrons. The summed E-state index contributed by atoms with van der Waals surface area (Å²) in [6.45, 7) is 2.35. The van der Waals surface area contributed by atoms with Crippen molar-refractivity contribution in [2.75, 3.05) is 26.8 Å². The van der Waals surface area contributed by atoms with Crippen molar-refractivity contribution >= 4 is 5.91 Å². The quantitative estimate of drug-likeness (QED) is 0.747. The van der Waals surface area contributed by atoms with Gasteiger partial charge in [-0.15, -0.1) is 0 Å². The van der Waals surface area contributed by atoms with Gasteiger partial charge in [0.25, 0.3) is 0 Å². The first-order chi connectivity index (χ1) is 8.22. The Hall–Kier alpha value is -1.08. The molecule has 0 aromatic heterocycles. The summed E-state index contributed by atoms with van der Waals surface area (Å²) in [4.78, 5) is 13.7. The van der Waals surface area contributed by atoms with Gasteiger partial charge in [-0.2, -0.15) is 5.26 Å². The van der Waals surface area contributed by atoms with Crippen molar-refractivity contribution in [1.29, 1.82) is 5.26 Å². The van der Waals surface area contributed by atoms with Gasteiger partial charge in [0.05, 0.1) is 12.7 Å². The largest absolute Gasteiger partial charge is 0.384 e. The van der Waals surface area contributed by atoms with Crippen LogP contribution in [-0.2, 0) is 9.53 Å². The van der Waals surface area contributed by atoms with E-state index in [0.29, 0.717) is 5.92 Å². The summed E-state index contributed by atoms with van der Waals surface area (Å²) >= 11 is 0. The smallest absolute Gasteiger partial charge is 0.236 e. The summed E-state index contributed by atoms with van der Waals surface area (Å²) in [7, 11) is 1.74. The highest BCUT2D eigenvalue weighted by atomic mass is 16.5. The molecule has 1 aliphatic carbocycles. The molecular weight excluding hydrogens is 216 g/mol. The second-order valence-electron chi connectivity index (χ2n) is 5.35. The fraction of sp³-hybridized carbons (Fsp3) is 0.846. The van der Waals surface area contributed by atoms with Gasteiger partial charge in [-0.3, -0.25) is 4.79 Å². The van der Waals surface area contributed by atoms with Gasteiger partial charge in [0.15, 0.2) is 0 Å². The second kappa shape index (κ2) is 5.05. The molecule has 94 valence electrons. The van der Waals surface area contributed by atoms with Crippen LogP contribution in [0.15, 0.2) is 0 Å². The fourth-order valence-corrected chi connectivity index (χ4v) is 3.47. The third-order valence-corrected chi connectivity index (χ3v) is 4.30. The number of amides is 1. The van der Waals surface area contributed by atoms with E-state index < -0.39 is 0 Å². The van der Waals surface area contributed by atoms with Crippen LogP contribution in [0.2, 0.25) is 0 Å². The van der Waals surface area contributed by atoms with E-state index in [1.165, 1.54) is 19.3 Å². The van der Waals surface area contributed by atoms with E-state index in [2.05, 4.69) is 0 Å². The maximum Gasteiger partial charge on any atom is 0.236 e. The van der Waals surface area contributed by atoms with E-state index in [0.717, 1.165) is 26.1 Å². The zero-order chi connectivity index (χ0) is 12.3. The molecule has 1 saturated heterocycles. The first kappa shape index (κ1) is 12.4. The molecule has 2 aliphatic rings. The molecule has 0 N–H and O–H groups in total. The van der Waals surface area contributed by atoms with Crippen LogP contribution in [0, 0.1) is 22.7 Å². The zero-order valence-electron chi connectivity index (χ0n) is 10.4. The van der Waals surface area contributed by atoms with Gasteiger partial charge in [-0.1, -0.05) is 12.8 Å². The first-order valence-electron chi connectivity index (χ1n) is 6.35. The van der Waals surface area contributed by atoms with Crippen LogP contribution in [0.1, 0.15) is 32.1 Å². The summed E-state index contributed by atoms with van der Waals surface area (Å²) in [5.74, 6) is 0.552. The molecule has 4 nitrogen and oxygen atoms in total. The number of carbonyl (C=O) groups is 1. The second-order valence-corrected chi connectivity index (χ2v) is 5.35. The highest BCUT2D eigenvalue weighted by Gasteiger charge is 2.48. The topological polar surface area (TPSA) is 53.3 Å². The van der Waals surface area contributed by atoms with Crippen molar-refractivity contribution in [1.82, 2.24) is 4.90 Å². The highest BCUT2D eigenvalue weighted by Crippen LogP contribution is 2.46. The predicted octanol–water partition coefficient (Wildman–Crippen LogP) is 1.57. The molecule has 2 atom stereocenters. The summed E-state index contributed by atoms with van der Waals surface area (Å²) in [5.41, 5.74) is 0.165. The highest BCUT2D eigenvalue weighted by molar-refractivity contribution is 5.78. The van der Waals surface area contributed by atoms with Crippen LogP contribution in [0.25, 0.3) is 0 Å². The van der Waals surface area contributed by atoms with E-state index in [-0.39, 0.29) is 17.7 Å². The van der Waals surface area contributed by atoms with E-state index in [4.69, 9.17) is 10.00 Å². The molecule has 4 heteroatoms. The molecule has 1 heterocycles. The number of ether oxygens (including phenoxy) is 1. The lowest BCUT2D eigenvalue weighted by molar-refractivity contribution is -0.129. The molecule has 0 bridgehead atoms. The number of fused-ring (bicyclic) bond motifs is 1. The molecule has 2 rings (SSSR count). The standard InChI is InChI=1S/C13H20N2O2/c1-17-10-13-6-3-2-4-11(13)8-15(9-13)12(16)5-7-14/h11H,2-6,8-10H2,1H3/t11-,13+/m0/s1. The van der Waals surface area contributed by atoms with Crippen molar-refractivity contribution < 1.29 is 9.53 Å². The van der Waals surface area contributed by atoms with Crippen molar-refractivity contribution in [2.24, 2.45) is 11.3 Å². The Balaban J connectivity index is 2.08. The van der Waals surface area contributed by atoms with Gasteiger partial charge in [-0.25, -0.2) is 0 Å². The van der Waals surface area contributed by atoms with Crippen LogP contribution >= 0.6 is 0 Å². The van der Waals surface area contributed by atoms with E-state index >= 15 is 0 Å². The normalized spacial score (nSPS) is 32.0. The van der Waals surface area contributed by atoms with Crippen LogP contribution in [-0.4, -0.2) is 37.6 Å². The van der Waals surface area contributed by atoms with E-state index in [1.807, 2.05) is 11.0 Å². The molecule has 17 heavy (non-hydrogen) atoms. The van der Waals surface area contributed by atoms with Crippen molar-refractivity contribution in [3.8, 4) is 6.07 Å². The lowest BCUT2D eigenvalue weighted by atomic mass is 9.69. The van der Waals surface area contributed by atoms with Gasteiger partial charge in [0, 0.05) is 25.6 Å². The number of methoxy groups -OCH3 is 1. The van der Waals surface area contributed by atoms with Gasteiger partial charge < -0.3 is 9.64 Å². The lowest BCUT2D eigenvalue weighted by Gasteiger charge is -2.37. The Morgan fingerprint density at radius 3 is 3.12 bits per heavy atom. The Labute approximate surface area is 103 Å². The molecule has 1 amide bonds. The van der Waals surface area contributed by atoms with Crippen LogP contribution in [0.5, 0.6) is 0 Å². The lowest BCUT2D eigenvalue weighted by Crippen LogP contribution is -2.38. The number of carbonyl (C=O) groups excluding carboxylic acids is 1. The first-order valence-corrected chi connectivity index (χ1v) is 6.35. The number of nitriles is 1. The molecule has 2 fully saturated rings. The molecule has 0 aromatic carbocycles. The molecular formula is C13H20N2O2. The minimum Gasteiger partial charge on any atom is -0.384 e. The monoisotopic (exact) mass is 236 g/mol. The van der Waals surface area contributed by atoms with Gasteiger partial charge in [-0.05, 0) is 18.8 Å². The van der Waals surface area contributed by atoms with Crippen molar-refractivity contribution in [3.63, 3.8) is 0 Å². The van der Waals surface area contributed by atoms with Crippen molar-refractivity contribution in [2.45, 2.75) is 32.1 Å². The molecule has 1 aliphatic heterocycles. The minimum atomic E-state index is -0.0163. The fourth-order valence-electron chi connectivity index (χ4n) is 3.47. The zero-order valence-corrected chi connectivity index (χ0v) is 10.4. The third kappa shape index (κ3) is 2.30. The van der Waals surface area contributed by atoms with Gasteiger partial charge >= 0.3 is 0 Å². The van der Waals surface area contributed by atoms with E-state index in [1.54, 1.807) is 7.11 Å². The van der Waals surface area contributed by atoms with Gasteiger partial charge in [0.2, 0.25) is 5.91 Å². The maximum atomic E-state index is 11.8. The number of likely N-dealkylation sites (tertiary alicyclic amines) is 1. The summed E-state index contributed by atoms with van der Waals surface area (Å²) in [6, 6.07) is 1.95. The number of nitrogens with zero attached hydrogens (tertiary/aromatic N) is 2. The molecule has 0 spiro atoms. The van der Waals surface area contributed by atoms with Crippen molar-refractivity contribution in [3.05, 3.63) is 0 Å². The Kier molecular flexibility index (Phi) is 3.68. The average Bonchev–Trinajstić information content (AvgIpc) is 2.69. The minimum absolute atomic E-state index is 0.00970. The Morgan fingerprint density at radius 2 is 2.41 bits per heavy atom.